The van der Waals surface area contributed by atoms with E-state index >= 15 is 0 Å². The van der Waals surface area contributed by atoms with Gasteiger partial charge in [-0.15, -0.1) is 0 Å². The van der Waals surface area contributed by atoms with E-state index in [-0.39, 0.29) is 5.41 Å². The van der Waals surface area contributed by atoms with Crippen molar-refractivity contribution in [2.45, 2.75) is 45.4 Å². The summed E-state index contributed by atoms with van der Waals surface area (Å²) in [7, 11) is 0. The Hall–Kier alpha value is -1.76. The van der Waals surface area contributed by atoms with E-state index in [9.17, 15) is 0 Å². The van der Waals surface area contributed by atoms with Gasteiger partial charge in [-0.3, -0.25) is 0 Å². The van der Waals surface area contributed by atoms with E-state index in [4.69, 9.17) is 5.73 Å². The van der Waals surface area contributed by atoms with Crippen molar-refractivity contribution in [3.63, 3.8) is 0 Å². The number of hydrogen-bond donors (Lipinski definition) is 1. The van der Waals surface area contributed by atoms with Gasteiger partial charge in [0.15, 0.2) is 0 Å². The molecule has 0 aliphatic carbocycles. The van der Waals surface area contributed by atoms with Crippen LogP contribution in [0.4, 0.5) is 5.69 Å². The maximum absolute atomic E-state index is 5.80. The minimum Gasteiger partial charge on any atom is -0.399 e. The standard InChI is InChI=1S/C19H25N/c1-19(2,3)17-12-10-15(11-13-17)6-4-7-16-8-5-9-18(20)14-16/h5,8-14H,4,6-7,20H2,1-3H3. The van der Waals surface area contributed by atoms with Crippen molar-refractivity contribution in [1.29, 1.82) is 0 Å². The molecule has 0 heterocycles. The van der Waals surface area contributed by atoms with Gasteiger partial charge >= 0.3 is 0 Å². The zero-order chi connectivity index (χ0) is 14.6. The molecule has 0 amide bonds. The fourth-order valence-corrected chi connectivity index (χ4v) is 2.42. The average Bonchev–Trinajstić information content (AvgIpc) is 2.38. The SMILES string of the molecule is CC(C)(C)c1ccc(CCCc2cccc(N)c2)cc1. The van der Waals surface area contributed by atoms with Gasteiger partial charge in [0.05, 0.1) is 0 Å². The van der Waals surface area contributed by atoms with Crippen molar-refractivity contribution >= 4 is 5.69 Å². The lowest BCUT2D eigenvalue weighted by molar-refractivity contribution is 0.590. The fourth-order valence-electron chi connectivity index (χ4n) is 2.42. The van der Waals surface area contributed by atoms with Crippen LogP contribution in [0.3, 0.4) is 0 Å². The third-order valence-electron chi connectivity index (χ3n) is 3.70. The third-order valence-corrected chi connectivity index (χ3v) is 3.70. The largest absolute Gasteiger partial charge is 0.399 e. The first kappa shape index (κ1) is 14.6. The van der Waals surface area contributed by atoms with Crippen LogP contribution in [-0.2, 0) is 18.3 Å². The number of benzene rings is 2. The first-order chi connectivity index (χ1) is 9.45. The molecule has 0 aliphatic heterocycles. The topological polar surface area (TPSA) is 26.0 Å². The van der Waals surface area contributed by atoms with Crippen molar-refractivity contribution in [2.24, 2.45) is 0 Å². The van der Waals surface area contributed by atoms with Crippen LogP contribution >= 0.6 is 0 Å². The van der Waals surface area contributed by atoms with E-state index in [1.54, 1.807) is 0 Å². The van der Waals surface area contributed by atoms with E-state index in [1.165, 1.54) is 16.7 Å². The van der Waals surface area contributed by atoms with Gasteiger partial charge in [0, 0.05) is 5.69 Å². The predicted molar refractivity (Wildman–Crippen MR) is 88.0 cm³/mol. The van der Waals surface area contributed by atoms with Gasteiger partial charge in [-0.1, -0.05) is 57.2 Å². The van der Waals surface area contributed by atoms with Crippen molar-refractivity contribution in [3.8, 4) is 0 Å². The summed E-state index contributed by atoms with van der Waals surface area (Å²) in [5, 5.41) is 0. The molecule has 0 fully saturated rings. The second-order valence-electron chi connectivity index (χ2n) is 6.55. The molecule has 20 heavy (non-hydrogen) atoms. The number of hydrogen-bond acceptors (Lipinski definition) is 1. The average molecular weight is 267 g/mol. The summed E-state index contributed by atoms with van der Waals surface area (Å²) < 4.78 is 0. The van der Waals surface area contributed by atoms with Gasteiger partial charge in [-0.25, -0.2) is 0 Å². The number of nitrogen functional groups attached to an aromatic ring is 1. The highest BCUT2D eigenvalue weighted by Crippen LogP contribution is 2.22. The molecule has 1 heteroatoms. The Labute approximate surface area is 122 Å². The van der Waals surface area contributed by atoms with Gasteiger partial charge in [0.1, 0.15) is 0 Å². The minimum absolute atomic E-state index is 0.236. The van der Waals surface area contributed by atoms with E-state index in [0.717, 1.165) is 24.9 Å². The predicted octanol–water partition coefficient (Wildman–Crippen LogP) is 4.74. The zero-order valence-electron chi connectivity index (χ0n) is 12.8. The Balaban J connectivity index is 1.88. The summed E-state index contributed by atoms with van der Waals surface area (Å²) in [4.78, 5) is 0. The lowest BCUT2D eigenvalue weighted by Crippen LogP contribution is -2.10. The quantitative estimate of drug-likeness (QED) is 0.795. The number of aryl methyl sites for hydroxylation is 2. The van der Waals surface area contributed by atoms with Crippen LogP contribution in [-0.4, -0.2) is 0 Å². The maximum Gasteiger partial charge on any atom is 0.0316 e. The first-order valence-electron chi connectivity index (χ1n) is 7.39. The lowest BCUT2D eigenvalue weighted by atomic mass is 9.86. The van der Waals surface area contributed by atoms with Crippen LogP contribution < -0.4 is 5.73 Å². The molecule has 0 radical (unpaired) electrons. The molecule has 2 N–H and O–H groups in total. The molecule has 0 unspecified atom stereocenters. The van der Waals surface area contributed by atoms with Gasteiger partial charge in [0.2, 0.25) is 0 Å². The van der Waals surface area contributed by atoms with E-state index in [1.807, 2.05) is 12.1 Å². The number of rotatable bonds is 4. The van der Waals surface area contributed by atoms with Gasteiger partial charge in [-0.2, -0.15) is 0 Å². The Kier molecular flexibility index (Phi) is 4.49. The summed E-state index contributed by atoms with van der Waals surface area (Å²) in [6.07, 6.45) is 3.38. The second-order valence-corrected chi connectivity index (χ2v) is 6.55. The molecule has 0 spiro atoms. The zero-order valence-corrected chi connectivity index (χ0v) is 12.8. The Bertz CT molecular complexity index is 547. The second kappa shape index (κ2) is 6.13. The highest BCUT2D eigenvalue weighted by Gasteiger charge is 2.12. The molecule has 0 aliphatic rings. The van der Waals surface area contributed by atoms with Gasteiger partial charge in [0.25, 0.3) is 0 Å². The highest BCUT2D eigenvalue weighted by molar-refractivity contribution is 5.40. The molecule has 0 aromatic heterocycles. The van der Waals surface area contributed by atoms with Crippen molar-refractivity contribution in [1.82, 2.24) is 0 Å². The van der Waals surface area contributed by atoms with Crippen molar-refractivity contribution in [3.05, 3.63) is 65.2 Å². The van der Waals surface area contributed by atoms with Gasteiger partial charge in [-0.05, 0) is 53.5 Å². The van der Waals surface area contributed by atoms with Crippen LogP contribution in [0.5, 0.6) is 0 Å². The summed E-state index contributed by atoms with van der Waals surface area (Å²) in [6.45, 7) is 6.76. The smallest absolute Gasteiger partial charge is 0.0316 e. The molecular weight excluding hydrogens is 242 g/mol. The summed E-state index contributed by atoms with van der Waals surface area (Å²) in [6, 6.07) is 17.2. The number of nitrogens with two attached hydrogens (primary N) is 1. The van der Waals surface area contributed by atoms with Crippen LogP contribution in [0.1, 0.15) is 43.9 Å². The maximum atomic E-state index is 5.80. The molecule has 2 rings (SSSR count). The van der Waals surface area contributed by atoms with Crippen LogP contribution in [0, 0.1) is 0 Å². The summed E-state index contributed by atoms with van der Waals surface area (Å²) >= 11 is 0. The van der Waals surface area contributed by atoms with E-state index in [0.29, 0.717) is 0 Å². The minimum atomic E-state index is 0.236. The molecule has 0 saturated carbocycles. The molecule has 0 bridgehead atoms. The highest BCUT2D eigenvalue weighted by atomic mass is 14.5. The van der Waals surface area contributed by atoms with Crippen LogP contribution in [0.2, 0.25) is 0 Å². The molecule has 0 saturated heterocycles. The molecule has 2 aromatic rings. The van der Waals surface area contributed by atoms with E-state index in [2.05, 4.69) is 57.2 Å². The molecule has 2 aromatic carbocycles. The van der Waals surface area contributed by atoms with Gasteiger partial charge < -0.3 is 5.73 Å². The monoisotopic (exact) mass is 267 g/mol. The van der Waals surface area contributed by atoms with Crippen molar-refractivity contribution < 1.29 is 0 Å². The normalized spacial score (nSPS) is 11.6. The molecule has 0 atom stereocenters. The van der Waals surface area contributed by atoms with Crippen molar-refractivity contribution in [2.75, 3.05) is 5.73 Å². The third kappa shape index (κ3) is 4.12. The molecular formula is C19H25N. The lowest BCUT2D eigenvalue weighted by Gasteiger charge is -2.19. The van der Waals surface area contributed by atoms with Crippen LogP contribution in [0.15, 0.2) is 48.5 Å². The molecule has 106 valence electrons. The first-order valence-corrected chi connectivity index (χ1v) is 7.39. The fraction of sp³-hybridized carbons (Fsp3) is 0.368. The Morgan fingerprint density at radius 3 is 2.10 bits per heavy atom. The van der Waals surface area contributed by atoms with E-state index < -0.39 is 0 Å². The summed E-state index contributed by atoms with van der Waals surface area (Å²) in [5.41, 5.74) is 11.0. The number of anilines is 1. The Morgan fingerprint density at radius 1 is 0.850 bits per heavy atom. The Morgan fingerprint density at radius 2 is 1.50 bits per heavy atom. The van der Waals surface area contributed by atoms with Crippen LogP contribution in [0.25, 0.3) is 0 Å². The summed E-state index contributed by atoms with van der Waals surface area (Å²) in [5.74, 6) is 0. The molecule has 1 nitrogen and oxygen atoms in total.